The van der Waals surface area contributed by atoms with Crippen LogP contribution in [0.3, 0.4) is 0 Å². The summed E-state index contributed by atoms with van der Waals surface area (Å²) in [6.45, 7) is 0. The van der Waals surface area contributed by atoms with Gasteiger partial charge in [0.25, 0.3) is 0 Å². The van der Waals surface area contributed by atoms with Gasteiger partial charge in [0.05, 0.1) is 7.11 Å². The predicted octanol–water partition coefficient (Wildman–Crippen LogP) is 4.46. The topological polar surface area (TPSA) is 58.6 Å². The number of carboxylic acid groups (broad SMARTS) is 1. The first-order valence-electron chi connectivity index (χ1n) is 6.09. The predicted molar refractivity (Wildman–Crippen MR) is 88.8 cm³/mol. The van der Waals surface area contributed by atoms with Crippen LogP contribution in [-0.2, 0) is 4.79 Å². The van der Waals surface area contributed by atoms with Gasteiger partial charge >= 0.3 is 5.97 Å². The van der Waals surface area contributed by atoms with Crippen LogP contribution in [0.25, 0.3) is 0 Å². The first-order chi connectivity index (χ1) is 10.0. The molecule has 0 aliphatic rings. The number of hydrogen-bond acceptors (Lipinski definition) is 3. The molecule has 110 valence electrons. The fraction of sp³-hybridized carbons (Fsp3) is 0.133. The molecular weight excluding hydrogens is 402 g/mol. The van der Waals surface area contributed by atoms with Gasteiger partial charge in [0.15, 0.2) is 6.04 Å². The molecule has 0 heterocycles. The Bertz CT molecular complexity index is 644. The molecule has 1 unspecified atom stereocenters. The average molecular weight is 415 g/mol. The summed E-state index contributed by atoms with van der Waals surface area (Å²) in [5.41, 5.74) is 1.37. The highest BCUT2D eigenvalue weighted by atomic mass is 79.9. The molecule has 0 aliphatic heterocycles. The van der Waals surface area contributed by atoms with Gasteiger partial charge in [0.2, 0.25) is 0 Å². The molecule has 0 aliphatic carbocycles. The molecule has 0 aromatic heterocycles. The van der Waals surface area contributed by atoms with E-state index in [0.717, 1.165) is 14.7 Å². The van der Waals surface area contributed by atoms with Crippen LogP contribution < -0.4 is 10.1 Å². The van der Waals surface area contributed by atoms with Gasteiger partial charge in [-0.15, -0.1) is 0 Å². The molecule has 0 saturated carbocycles. The number of carbonyl (C=O) groups is 1. The van der Waals surface area contributed by atoms with Crippen LogP contribution in [0.15, 0.2) is 51.4 Å². The number of halogens is 2. The Morgan fingerprint density at radius 1 is 1.14 bits per heavy atom. The Hall–Kier alpha value is -1.53. The van der Waals surface area contributed by atoms with Crippen LogP contribution in [-0.4, -0.2) is 18.2 Å². The van der Waals surface area contributed by atoms with Crippen LogP contribution >= 0.6 is 31.9 Å². The Kier molecular flexibility index (Phi) is 5.25. The molecule has 1 atom stereocenters. The quantitative estimate of drug-likeness (QED) is 0.758. The summed E-state index contributed by atoms with van der Waals surface area (Å²) in [6, 6.07) is 11.6. The minimum absolute atomic E-state index is 0.661. The molecule has 4 nitrogen and oxygen atoms in total. The van der Waals surface area contributed by atoms with E-state index in [2.05, 4.69) is 37.2 Å². The fourth-order valence-electron chi connectivity index (χ4n) is 1.83. The third-order valence-electron chi connectivity index (χ3n) is 2.92. The fourth-order valence-corrected chi connectivity index (χ4v) is 2.48. The highest BCUT2D eigenvalue weighted by Gasteiger charge is 2.20. The Morgan fingerprint density at radius 2 is 1.81 bits per heavy atom. The molecule has 2 aromatic rings. The van der Waals surface area contributed by atoms with E-state index in [1.807, 2.05) is 6.07 Å². The SMILES string of the molecule is COc1ccc(NC(C(=O)O)c2ccc(Br)c(Br)c2)cc1. The van der Waals surface area contributed by atoms with E-state index < -0.39 is 12.0 Å². The van der Waals surface area contributed by atoms with Gasteiger partial charge in [-0.25, -0.2) is 4.79 Å². The zero-order valence-electron chi connectivity index (χ0n) is 11.1. The first-order valence-corrected chi connectivity index (χ1v) is 7.68. The number of carboxylic acids is 1. The zero-order valence-corrected chi connectivity index (χ0v) is 14.3. The summed E-state index contributed by atoms with van der Waals surface area (Å²) in [4.78, 5) is 11.5. The Morgan fingerprint density at radius 3 is 2.33 bits per heavy atom. The van der Waals surface area contributed by atoms with Gasteiger partial charge in [-0.2, -0.15) is 0 Å². The number of benzene rings is 2. The molecule has 6 heteroatoms. The van der Waals surface area contributed by atoms with E-state index in [-0.39, 0.29) is 0 Å². The number of nitrogens with one attached hydrogen (secondary N) is 1. The maximum absolute atomic E-state index is 11.5. The van der Waals surface area contributed by atoms with Gasteiger partial charge in [-0.1, -0.05) is 6.07 Å². The number of rotatable bonds is 5. The summed E-state index contributed by atoms with van der Waals surface area (Å²) in [5.74, 6) is -0.223. The van der Waals surface area contributed by atoms with E-state index in [9.17, 15) is 9.90 Å². The summed E-state index contributed by atoms with van der Waals surface area (Å²) in [7, 11) is 1.59. The summed E-state index contributed by atoms with van der Waals surface area (Å²) >= 11 is 6.75. The zero-order chi connectivity index (χ0) is 15.4. The van der Waals surface area contributed by atoms with Crippen molar-refractivity contribution in [3.05, 3.63) is 57.0 Å². The second kappa shape index (κ2) is 6.95. The molecule has 0 fully saturated rings. The van der Waals surface area contributed by atoms with Crippen molar-refractivity contribution in [3.8, 4) is 5.75 Å². The highest BCUT2D eigenvalue weighted by molar-refractivity contribution is 9.13. The van der Waals surface area contributed by atoms with Crippen LogP contribution in [0, 0.1) is 0 Å². The van der Waals surface area contributed by atoms with Crippen molar-refractivity contribution >= 4 is 43.5 Å². The Labute approximate surface area is 139 Å². The second-order valence-electron chi connectivity index (χ2n) is 4.32. The van der Waals surface area contributed by atoms with E-state index in [0.29, 0.717) is 11.3 Å². The van der Waals surface area contributed by atoms with Gasteiger partial charge in [0.1, 0.15) is 5.75 Å². The van der Waals surface area contributed by atoms with Crippen LogP contribution in [0.5, 0.6) is 5.75 Å². The molecule has 0 saturated heterocycles. The normalized spacial score (nSPS) is 11.8. The number of methoxy groups -OCH3 is 1. The standard InChI is InChI=1S/C15H13Br2NO3/c1-21-11-5-3-10(4-6-11)18-14(15(19)20)9-2-7-12(16)13(17)8-9/h2-8,14,18H,1H3,(H,19,20). The number of anilines is 1. The molecule has 0 amide bonds. The van der Waals surface area contributed by atoms with Crippen LogP contribution in [0.4, 0.5) is 5.69 Å². The molecular formula is C15H13Br2NO3. The lowest BCUT2D eigenvalue weighted by molar-refractivity contribution is -0.138. The lowest BCUT2D eigenvalue weighted by Crippen LogP contribution is -2.20. The van der Waals surface area contributed by atoms with E-state index in [1.165, 1.54) is 0 Å². The maximum atomic E-state index is 11.5. The lowest BCUT2D eigenvalue weighted by atomic mass is 10.1. The lowest BCUT2D eigenvalue weighted by Gasteiger charge is -2.17. The summed E-state index contributed by atoms with van der Waals surface area (Å²) in [6.07, 6.45) is 0. The molecule has 2 N–H and O–H groups in total. The van der Waals surface area contributed by atoms with Crippen molar-refractivity contribution in [1.82, 2.24) is 0 Å². The van der Waals surface area contributed by atoms with Gasteiger partial charge < -0.3 is 15.2 Å². The maximum Gasteiger partial charge on any atom is 0.330 e. The monoisotopic (exact) mass is 413 g/mol. The number of aliphatic carboxylic acids is 1. The number of ether oxygens (including phenoxy) is 1. The first kappa shape index (κ1) is 15.9. The molecule has 0 spiro atoms. The average Bonchev–Trinajstić information content (AvgIpc) is 2.48. The van der Waals surface area contributed by atoms with Crippen LogP contribution in [0.2, 0.25) is 0 Å². The largest absolute Gasteiger partial charge is 0.497 e. The summed E-state index contributed by atoms with van der Waals surface area (Å²) in [5, 5.41) is 12.4. The minimum Gasteiger partial charge on any atom is -0.497 e. The smallest absolute Gasteiger partial charge is 0.330 e. The van der Waals surface area contributed by atoms with Crippen LogP contribution in [0.1, 0.15) is 11.6 Å². The summed E-state index contributed by atoms with van der Waals surface area (Å²) < 4.78 is 6.76. The van der Waals surface area contributed by atoms with Crippen molar-refractivity contribution in [2.45, 2.75) is 6.04 Å². The molecule has 0 radical (unpaired) electrons. The van der Waals surface area contributed by atoms with Crippen molar-refractivity contribution in [1.29, 1.82) is 0 Å². The van der Waals surface area contributed by atoms with Gasteiger partial charge in [-0.05, 0) is 73.8 Å². The van der Waals surface area contributed by atoms with Crippen molar-refractivity contribution in [2.75, 3.05) is 12.4 Å². The molecule has 21 heavy (non-hydrogen) atoms. The second-order valence-corrected chi connectivity index (χ2v) is 6.03. The third-order valence-corrected chi connectivity index (χ3v) is 4.80. The minimum atomic E-state index is -0.944. The van der Waals surface area contributed by atoms with Crippen molar-refractivity contribution < 1.29 is 14.6 Å². The van der Waals surface area contributed by atoms with Crippen molar-refractivity contribution in [3.63, 3.8) is 0 Å². The van der Waals surface area contributed by atoms with E-state index in [4.69, 9.17) is 4.74 Å². The van der Waals surface area contributed by atoms with Gasteiger partial charge in [0, 0.05) is 14.6 Å². The highest BCUT2D eigenvalue weighted by Crippen LogP contribution is 2.28. The van der Waals surface area contributed by atoms with E-state index in [1.54, 1.807) is 43.5 Å². The van der Waals surface area contributed by atoms with Crippen molar-refractivity contribution in [2.24, 2.45) is 0 Å². The third kappa shape index (κ3) is 3.98. The molecule has 2 rings (SSSR count). The van der Waals surface area contributed by atoms with Gasteiger partial charge in [-0.3, -0.25) is 0 Å². The molecule has 2 aromatic carbocycles. The Balaban J connectivity index is 2.26. The molecule has 0 bridgehead atoms. The van der Waals surface area contributed by atoms with E-state index >= 15 is 0 Å². The number of hydrogen-bond donors (Lipinski definition) is 2.